The Morgan fingerprint density at radius 3 is 2.50 bits per heavy atom. The van der Waals surface area contributed by atoms with E-state index in [4.69, 9.17) is 9.47 Å². The van der Waals surface area contributed by atoms with Gasteiger partial charge in [0.1, 0.15) is 0 Å². The highest BCUT2D eigenvalue weighted by atomic mass is 16.8. The standard InChI is InChI=1S/C24H34O4/c1-13-6-7-15-19-16(8-9-23(13,15)4)24(5)11-14(12-25)18(26)10-17(24)20-21(19)28-22(2,3)27-20/h12,15-17,19-21,25H,1,6-11H2,2-5H3/t15?,16-,17+,19?,20+,21+,23+,24+/m0/s1. The lowest BCUT2D eigenvalue weighted by molar-refractivity contribution is -0.169. The number of allylic oxidation sites excluding steroid dienone is 2. The summed E-state index contributed by atoms with van der Waals surface area (Å²) in [5.74, 6) is 1.12. The fraction of sp³-hybridized carbons (Fsp3) is 0.792. The van der Waals surface area contributed by atoms with Gasteiger partial charge in [-0.2, -0.15) is 0 Å². The van der Waals surface area contributed by atoms with Crippen molar-refractivity contribution in [2.45, 2.75) is 84.2 Å². The van der Waals surface area contributed by atoms with Crippen LogP contribution in [0.4, 0.5) is 0 Å². The van der Waals surface area contributed by atoms with Crippen molar-refractivity contribution in [1.82, 2.24) is 0 Å². The summed E-state index contributed by atoms with van der Waals surface area (Å²) < 4.78 is 13.0. The van der Waals surface area contributed by atoms with Gasteiger partial charge in [0.25, 0.3) is 0 Å². The Labute approximate surface area is 168 Å². The number of ether oxygens (including phenoxy) is 2. The summed E-state index contributed by atoms with van der Waals surface area (Å²) in [6, 6.07) is 0. The minimum absolute atomic E-state index is 0.0384. The van der Waals surface area contributed by atoms with Crippen LogP contribution in [-0.4, -0.2) is 28.9 Å². The topological polar surface area (TPSA) is 55.8 Å². The zero-order chi connectivity index (χ0) is 20.1. The van der Waals surface area contributed by atoms with Crippen LogP contribution in [0, 0.1) is 34.5 Å². The summed E-state index contributed by atoms with van der Waals surface area (Å²) in [4.78, 5) is 12.7. The molecule has 8 atom stereocenters. The highest BCUT2D eigenvalue weighted by Crippen LogP contribution is 2.69. The Kier molecular flexibility index (Phi) is 3.86. The summed E-state index contributed by atoms with van der Waals surface area (Å²) in [7, 11) is 0. The smallest absolute Gasteiger partial charge is 0.163 e. The van der Waals surface area contributed by atoms with Crippen LogP contribution < -0.4 is 0 Å². The van der Waals surface area contributed by atoms with Crippen LogP contribution in [0.25, 0.3) is 0 Å². The second-order valence-electron chi connectivity index (χ2n) is 11.0. The van der Waals surface area contributed by atoms with E-state index in [0.29, 0.717) is 36.2 Å². The number of carbonyl (C=O) groups excluding carboxylic acids is 1. The molecule has 4 nitrogen and oxygen atoms in total. The van der Waals surface area contributed by atoms with Gasteiger partial charge in [-0.15, -0.1) is 0 Å². The van der Waals surface area contributed by atoms with Crippen LogP contribution in [0.5, 0.6) is 0 Å². The molecule has 4 heteroatoms. The SMILES string of the molecule is C=C1CCC2C3[C@H]4OC(C)(C)O[C@@H]4[C@H]4CC(=O)C(=CO)C[C@]4(C)[C@H]3CC[C@]12C. The third kappa shape index (κ3) is 2.28. The molecule has 0 aromatic heterocycles. The highest BCUT2D eigenvalue weighted by Gasteiger charge is 2.68. The minimum Gasteiger partial charge on any atom is -0.515 e. The molecule has 0 aromatic rings. The summed E-state index contributed by atoms with van der Waals surface area (Å²) in [6.07, 6.45) is 6.82. The van der Waals surface area contributed by atoms with Crippen LogP contribution in [0.15, 0.2) is 24.0 Å². The molecule has 28 heavy (non-hydrogen) atoms. The van der Waals surface area contributed by atoms with Gasteiger partial charge in [0, 0.05) is 17.9 Å². The number of rotatable bonds is 0. The first-order valence-electron chi connectivity index (χ1n) is 11.0. The third-order valence-electron chi connectivity index (χ3n) is 9.41. The quantitative estimate of drug-likeness (QED) is 0.364. The van der Waals surface area contributed by atoms with Crippen molar-refractivity contribution < 1.29 is 19.4 Å². The van der Waals surface area contributed by atoms with Crippen LogP contribution >= 0.6 is 0 Å². The Morgan fingerprint density at radius 2 is 1.79 bits per heavy atom. The maximum Gasteiger partial charge on any atom is 0.163 e. The first kappa shape index (κ1) is 18.9. The largest absolute Gasteiger partial charge is 0.515 e. The Bertz CT molecular complexity index is 767. The molecule has 5 rings (SSSR count). The molecule has 0 amide bonds. The lowest BCUT2D eigenvalue weighted by Gasteiger charge is -2.62. The number of Topliss-reactive ketones (excluding diaryl/α,β-unsaturated/α-hetero) is 1. The number of fused-ring (bicyclic) bond motifs is 8. The van der Waals surface area contributed by atoms with Crippen molar-refractivity contribution >= 4 is 5.78 Å². The van der Waals surface area contributed by atoms with Crippen molar-refractivity contribution in [2.75, 3.05) is 0 Å². The predicted octanol–water partition coefficient (Wildman–Crippen LogP) is 4.95. The van der Waals surface area contributed by atoms with E-state index in [2.05, 4.69) is 20.4 Å². The van der Waals surface area contributed by atoms with E-state index in [9.17, 15) is 9.90 Å². The van der Waals surface area contributed by atoms with E-state index in [1.165, 1.54) is 18.4 Å². The van der Waals surface area contributed by atoms with Crippen molar-refractivity contribution in [1.29, 1.82) is 0 Å². The molecular formula is C24H34O4. The van der Waals surface area contributed by atoms with Crippen molar-refractivity contribution in [3.05, 3.63) is 24.0 Å². The fourth-order valence-corrected chi connectivity index (χ4v) is 7.98. The minimum atomic E-state index is -0.606. The van der Waals surface area contributed by atoms with Crippen LogP contribution in [0.1, 0.15) is 66.2 Å². The van der Waals surface area contributed by atoms with E-state index in [1.54, 1.807) is 0 Å². The lowest BCUT2D eigenvalue weighted by atomic mass is 9.43. The summed E-state index contributed by atoms with van der Waals surface area (Å²) in [6.45, 7) is 13.2. The highest BCUT2D eigenvalue weighted by molar-refractivity contribution is 5.96. The predicted molar refractivity (Wildman–Crippen MR) is 107 cm³/mol. The maximum absolute atomic E-state index is 12.7. The van der Waals surface area contributed by atoms with Gasteiger partial charge in [-0.05, 0) is 74.5 Å². The zero-order valence-electron chi connectivity index (χ0n) is 17.7. The van der Waals surface area contributed by atoms with Crippen molar-refractivity contribution in [3.63, 3.8) is 0 Å². The van der Waals surface area contributed by atoms with Gasteiger partial charge in [0.15, 0.2) is 11.6 Å². The van der Waals surface area contributed by atoms with Gasteiger partial charge < -0.3 is 14.6 Å². The summed E-state index contributed by atoms with van der Waals surface area (Å²) in [5, 5.41) is 9.71. The molecule has 1 N–H and O–H groups in total. The Morgan fingerprint density at radius 1 is 1.07 bits per heavy atom. The van der Waals surface area contributed by atoms with Gasteiger partial charge in [-0.25, -0.2) is 0 Å². The fourth-order valence-electron chi connectivity index (χ4n) is 7.98. The second kappa shape index (κ2) is 5.72. The molecular weight excluding hydrogens is 352 g/mol. The van der Waals surface area contributed by atoms with Gasteiger partial charge >= 0.3 is 0 Å². The molecule has 1 heterocycles. The molecule has 0 radical (unpaired) electrons. The second-order valence-corrected chi connectivity index (χ2v) is 11.0. The summed E-state index contributed by atoms with van der Waals surface area (Å²) in [5.41, 5.74) is 2.17. The summed E-state index contributed by atoms with van der Waals surface area (Å²) >= 11 is 0. The molecule has 4 saturated carbocycles. The number of hydrogen-bond acceptors (Lipinski definition) is 4. The lowest BCUT2D eigenvalue weighted by Crippen LogP contribution is -2.63. The molecule has 0 spiro atoms. The van der Waals surface area contributed by atoms with E-state index in [-0.39, 0.29) is 34.7 Å². The monoisotopic (exact) mass is 386 g/mol. The molecule has 2 unspecified atom stereocenters. The number of ketones is 1. The Balaban J connectivity index is 1.62. The third-order valence-corrected chi connectivity index (χ3v) is 9.41. The van der Waals surface area contributed by atoms with Crippen molar-refractivity contribution in [3.8, 4) is 0 Å². The zero-order valence-corrected chi connectivity index (χ0v) is 17.7. The average molecular weight is 387 g/mol. The number of carbonyl (C=O) groups is 1. The van der Waals surface area contributed by atoms with E-state index < -0.39 is 5.79 Å². The van der Waals surface area contributed by atoms with E-state index >= 15 is 0 Å². The Hall–Kier alpha value is -1.13. The van der Waals surface area contributed by atoms with Crippen LogP contribution in [0.3, 0.4) is 0 Å². The molecule has 5 fully saturated rings. The van der Waals surface area contributed by atoms with E-state index in [1.807, 2.05) is 13.8 Å². The maximum atomic E-state index is 12.7. The van der Waals surface area contributed by atoms with Crippen LogP contribution in [0.2, 0.25) is 0 Å². The van der Waals surface area contributed by atoms with Gasteiger partial charge in [0.05, 0.1) is 18.5 Å². The average Bonchev–Trinajstić information content (AvgIpc) is 3.11. The molecule has 0 aromatic carbocycles. The van der Waals surface area contributed by atoms with Gasteiger partial charge in [-0.1, -0.05) is 26.0 Å². The molecule has 1 aliphatic heterocycles. The first-order valence-corrected chi connectivity index (χ1v) is 11.0. The number of aliphatic hydroxyl groups is 1. The van der Waals surface area contributed by atoms with Gasteiger partial charge in [0.2, 0.25) is 0 Å². The molecule has 5 aliphatic rings. The van der Waals surface area contributed by atoms with Crippen LogP contribution in [-0.2, 0) is 14.3 Å². The molecule has 4 aliphatic carbocycles. The molecule has 1 saturated heterocycles. The number of aliphatic hydroxyl groups excluding tert-OH is 1. The normalized spacial score (nSPS) is 53.5. The first-order chi connectivity index (χ1) is 13.1. The van der Waals surface area contributed by atoms with Gasteiger partial charge in [-0.3, -0.25) is 4.79 Å². The molecule has 154 valence electrons. The molecule has 0 bridgehead atoms. The number of hydrogen-bond donors (Lipinski definition) is 1. The van der Waals surface area contributed by atoms with E-state index in [0.717, 1.165) is 19.1 Å². The van der Waals surface area contributed by atoms with Crippen molar-refractivity contribution in [2.24, 2.45) is 34.5 Å².